The monoisotopic (exact) mass is 444 g/mol. The fraction of sp³-hybridized carbons (Fsp3) is 0.160. The topological polar surface area (TPSA) is 98.2 Å². The van der Waals surface area contributed by atoms with Gasteiger partial charge in [0.05, 0.1) is 18.7 Å². The van der Waals surface area contributed by atoms with E-state index in [1.54, 1.807) is 62.0 Å². The number of aromatic nitrogens is 1. The van der Waals surface area contributed by atoms with Gasteiger partial charge in [-0.15, -0.1) is 0 Å². The Hall–Kier alpha value is -4.33. The third kappa shape index (κ3) is 3.65. The molecule has 0 radical (unpaired) electrons. The summed E-state index contributed by atoms with van der Waals surface area (Å²) in [6, 6.07) is 14.8. The molecule has 166 valence electrons. The zero-order valence-electron chi connectivity index (χ0n) is 17.7. The number of aliphatic hydroxyl groups excluding tert-OH is 1. The first-order valence-corrected chi connectivity index (χ1v) is 10.3. The van der Waals surface area contributed by atoms with E-state index in [0.717, 1.165) is 5.56 Å². The molecule has 1 fully saturated rings. The molecule has 1 unspecified atom stereocenters. The van der Waals surface area contributed by atoms with Crippen LogP contribution in [-0.4, -0.2) is 40.6 Å². The van der Waals surface area contributed by atoms with Crippen molar-refractivity contribution in [2.24, 2.45) is 0 Å². The van der Waals surface area contributed by atoms with Gasteiger partial charge in [0.2, 0.25) is 6.79 Å². The highest BCUT2D eigenvalue weighted by atomic mass is 16.7. The number of amides is 1. The zero-order chi connectivity index (χ0) is 22.9. The summed E-state index contributed by atoms with van der Waals surface area (Å²) >= 11 is 0. The van der Waals surface area contributed by atoms with Gasteiger partial charge >= 0.3 is 0 Å². The average Bonchev–Trinajstić information content (AvgIpc) is 3.42. The summed E-state index contributed by atoms with van der Waals surface area (Å²) in [7, 11) is 1.58. The second-order valence-corrected chi connectivity index (χ2v) is 7.63. The van der Waals surface area contributed by atoms with Crippen molar-refractivity contribution in [3.8, 4) is 17.2 Å². The molecule has 8 heteroatoms. The Morgan fingerprint density at radius 3 is 2.64 bits per heavy atom. The van der Waals surface area contributed by atoms with E-state index in [2.05, 4.69) is 4.98 Å². The number of ether oxygens (including phenoxy) is 3. The minimum atomic E-state index is -0.800. The first kappa shape index (κ1) is 20.6. The number of aliphatic hydroxyl groups is 1. The predicted octanol–water partition coefficient (Wildman–Crippen LogP) is 3.44. The summed E-state index contributed by atoms with van der Waals surface area (Å²) in [5.41, 5.74) is 1.79. The number of likely N-dealkylation sites (tertiary alicyclic amines) is 1. The van der Waals surface area contributed by atoms with Crippen LogP contribution in [0.25, 0.3) is 5.76 Å². The Kier molecular flexibility index (Phi) is 5.18. The van der Waals surface area contributed by atoms with Crippen LogP contribution < -0.4 is 14.2 Å². The van der Waals surface area contributed by atoms with E-state index >= 15 is 0 Å². The maximum atomic E-state index is 13.1. The number of benzene rings is 2. The number of carbonyl (C=O) groups is 2. The fourth-order valence-electron chi connectivity index (χ4n) is 4.05. The molecule has 8 nitrogen and oxygen atoms in total. The minimum absolute atomic E-state index is 0.000349. The summed E-state index contributed by atoms with van der Waals surface area (Å²) < 4.78 is 15.9. The Morgan fingerprint density at radius 2 is 1.91 bits per heavy atom. The average molecular weight is 444 g/mol. The van der Waals surface area contributed by atoms with Crippen molar-refractivity contribution in [2.75, 3.05) is 13.9 Å². The van der Waals surface area contributed by atoms with Gasteiger partial charge in [0.1, 0.15) is 11.5 Å². The van der Waals surface area contributed by atoms with Crippen molar-refractivity contribution in [1.82, 2.24) is 9.88 Å². The second kappa shape index (κ2) is 8.31. The van der Waals surface area contributed by atoms with Gasteiger partial charge in [0, 0.05) is 24.5 Å². The SMILES string of the molecule is COc1ccc(CN2C(=O)C(=O)/C(=C(\O)c3ccc4c(c3)OCO4)C2c2cccnc2)cc1. The van der Waals surface area contributed by atoms with Crippen molar-refractivity contribution in [2.45, 2.75) is 12.6 Å². The molecular formula is C25H20N2O6. The number of pyridine rings is 1. The third-order valence-electron chi connectivity index (χ3n) is 5.70. The fourth-order valence-corrected chi connectivity index (χ4v) is 4.05. The number of fused-ring (bicyclic) bond motifs is 1. The molecule has 0 saturated carbocycles. The van der Waals surface area contributed by atoms with E-state index in [0.29, 0.717) is 28.4 Å². The van der Waals surface area contributed by atoms with Crippen molar-refractivity contribution in [1.29, 1.82) is 0 Å². The maximum absolute atomic E-state index is 13.1. The molecule has 0 bridgehead atoms. The molecule has 0 aliphatic carbocycles. The van der Waals surface area contributed by atoms with Crippen LogP contribution in [0.4, 0.5) is 0 Å². The highest BCUT2D eigenvalue weighted by Gasteiger charge is 2.46. The summed E-state index contributed by atoms with van der Waals surface area (Å²) in [5, 5.41) is 11.2. The molecule has 2 aromatic carbocycles. The quantitative estimate of drug-likeness (QED) is 0.366. The number of Topliss-reactive ketones (excluding diaryl/α,β-unsaturated/α-hetero) is 1. The van der Waals surface area contributed by atoms with E-state index in [4.69, 9.17) is 14.2 Å². The van der Waals surface area contributed by atoms with Gasteiger partial charge in [0.25, 0.3) is 11.7 Å². The van der Waals surface area contributed by atoms with Crippen LogP contribution in [0.1, 0.15) is 22.7 Å². The van der Waals surface area contributed by atoms with E-state index in [1.165, 1.54) is 4.90 Å². The van der Waals surface area contributed by atoms with Gasteiger partial charge in [-0.1, -0.05) is 18.2 Å². The molecular weight excluding hydrogens is 424 g/mol. The number of carbonyl (C=O) groups excluding carboxylic acids is 2. The van der Waals surface area contributed by atoms with Gasteiger partial charge in [-0.25, -0.2) is 0 Å². The first-order valence-electron chi connectivity index (χ1n) is 10.3. The Labute approximate surface area is 189 Å². The van der Waals surface area contributed by atoms with Crippen molar-refractivity contribution >= 4 is 17.4 Å². The number of nitrogens with zero attached hydrogens (tertiary/aromatic N) is 2. The molecule has 33 heavy (non-hydrogen) atoms. The Balaban J connectivity index is 1.59. The Morgan fingerprint density at radius 1 is 1.12 bits per heavy atom. The maximum Gasteiger partial charge on any atom is 0.295 e. The molecule has 2 aliphatic rings. The molecule has 1 amide bonds. The lowest BCUT2D eigenvalue weighted by Crippen LogP contribution is -2.29. The molecule has 1 saturated heterocycles. The largest absolute Gasteiger partial charge is 0.507 e. The van der Waals surface area contributed by atoms with Crippen molar-refractivity contribution in [3.05, 3.63) is 89.3 Å². The normalized spacial score (nSPS) is 18.6. The van der Waals surface area contributed by atoms with E-state index in [-0.39, 0.29) is 24.7 Å². The minimum Gasteiger partial charge on any atom is -0.507 e. The van der Waals surface area contributed by atoms with Crippen molar-refractivity contribution in [3.63, 3.8) is 0 Å². The van der Waals surface area contributed by atoms with Crippen LogP contribution in [0.3, 0.4) is 0 Å². The van der Waals surface area contributed by atoms with Crippen LogP contribution in [0.5, 0.6) is 17.2 Å². The highest BCUT2D eigenvalue weighted by Crippen LogP contribution is 2.41. The first-order chi connectivity index (χ1) is 16.1. The van der Waals surface area contributed by atoms with Gasteiger partial charge in [-0.05, 0) is 47.5 Å². The standard InChI is InChI=1S/C25H20N2O6/c1-31-18-7-4-15(5-8-18)13-27-22(17-3-2-10-26-12-17)21(24(29)25(27)30)23(28)16-6-9-19-20(11-16)33-14-32-19/h2-12,22,28H,13-14H2,1H3/b23-21-. The van der Waals surface area contributed by atoms with Crippen LogP contribution in [-0.2, 0) is 16.1 Å². The second-order valence-electron chi connectivity index (χ2n) is 7.63. The lowest BCUT2D eigenvalue weighted by atomic mass is 9.96. The molecule has 1 aromatic heterocycles. The molecule has 1 N–H and O–H groups in total. The van der Waals surface area contributed by atoms with E-state index in [9.17, 15) is 14.7 Å². The molecule has 5 rings (SSSR count). The van der Waals surface area contributed by atoms with Crippen LogP contribution in [0.15, 0.2) is 72.6 Å². The van der Waals surface area contributed by atoms with Crippen LogP contribution in [0, 0.1) is 0 Å². The van der Waals surface area contributed by atoms with Crippen LogP contribution >= 0.6 is 0 Å². The highest BCUT2D eigenvalue weighted by molar-refractivity contribution is 6.46. The number of rotatable bonds is 5. The molecule has 3 aromatic rings. The molecule has 3 heterocycles. The number of hydrogen-bond donors (Lipinski definition) is 1. The lowest BCUT2D eigenvalue weighted by Gasteiger charge is -2.25. The summed E-state index contributed by atoms with van der Waals surface area (Å²) in [4.78, 5) is 31.8. The molecule has 1 atom stereocenters. The number of hydrogen-bond acceptors (Lipinski definition) is 7. The Bertz CT molecular complexity index is 1250. The van der Waals surface area contributed by atoms with Gasteiger partial charge in [0.15, 0.2) is 11.5 Å². The predicted molar refractivity (Wildman–Crippen MR) is 118 cm³/mol. The molecule has 0 spiro atoms. The van der Waals surface area contributed by atoms with Gasteiger partial charge < -0.3 is 24.2 Å². The summed E-state index contributed by atoms with van der Waals surface area (Å²) in [5.74, 6) is -0.0283. The zero-order valence-corrected chi connectivity index (χ0v) is 17.7. The lowest BCUT2D eigenvalue weighted by molar-refractivity contribution is -0.140. The number of ketones is 1. The summed E-state index contributed by atoms with van der Waals surface area (Å²) in [6.45, 7) is 0.257. The van der Waals surface area contributed by atoms with Crippen molar-refractivity contribution < 1.29 is 28.9 Å². The van der Waals surface area contributed by atoms with Gasteiger partial charge in [-0.2, -0.15) is 0 Å². The van der Waals surface area contributed by atoms with E-state index in [1.807, 2.05) is 12.1 Å². The smallest absolute Gasteiger partial charge is 0.295 e. The summed E-state index contributed by atoms with van der Waals surface area (Å²) in [6.07, 6.45) is 3.20. The van der Waals surface area contributed by atoms with Crippen LogP contribution in [0.2, 0.25) is 0 Å². The third-order valence-corrected chi connectivity index (χ3v) is 5.70. The molecule has 2 aliphatic heterocycles. The van der Waals surface area contributed by atoms with Gasteiger partial charge in [-0.3, -0.25) is 14.6 Å². The number of methoxy groups -OCH3 is 1. The van der Waals surface area contributed by atoms with E-state index < -0.39 is 17.7 Å².